The molecule has 0 atom stereocenters. The molecule has 5 nitrogen and oxygen atoms in total. The summed E-state index contributed by atoms with van der Waals surface area (Å²) in [4.78, 5) is 14.9. The highest BCUT2D eigenvalue weighted by Crippen LogP contribution is 2.15. The van der Waals surface area contributed by atoms with Gasteiger partial charge in [-0.2, -0.15) is 10.2 Å². The van der Waals surface area contributed by atoms with Crippen LogP contribution in [0.3, 0.4) is 0 Å². The van der Waals surface area contributed by atoms with Crippen LogP contribution in [0, 0.1) is 0 Å². The van der Waals surface area contributed by atoms with Gasteiger partial charge in [0.2, 0.25) is 5.91 Å². The largest absolute Gasteiger partial charge is 0.311 e. The van der Waals surface area contributed by atoms with Gasteiger partial charge in [0.1, 0.15) is 5.82 Å². The highest BCUT2D eigenvalue weighted by atomic mass is 16.1. The van der Waals surface area contributed by atoms with Gasteiger partial charge in [-0.05, 0) is 24.3 Å². The van der Waals surface area contributed by atoms with Gasteiger partial charge in [-0.15, -0.1) is 0 Å². The first kappa shape index (κ1) is 10.2. The van der Waals surface area contributed by atoms with Gasteiger partial charge >= 0.3 is 0 Å². The van der Waals surface area contributed by atoms with Crippen molar-refractivity contribution in [1.29, 1.82) is 0 Å². The number of aromatic nitrogens is 3. The molecule has 0 spiro atoms. The molecule has 5 heteroatoms. The van der Waals surface area contributed by atoms with E-state index >= 15 is 0 Å². The lowest BCUT2D eigenvalue weighted by molar-refractivity contribution is -0.114. The van der Waals surface area contributed by atoms with Crippen molar-refractivity contribution in [2.24, 2.45) is 0 Å². The fourth-order valence-electron chi connectivity index (χ4n) is 1.26. The minimum Gasteiger partial charge on any atom is -0.311 e. The van der Waals surface area contributed by atoms with E-state index in [0.717, 1.165) is 11.3 Å². The van der Waals surface area contributed by atoms with E-state index in [1.54, 1.807) is 18.5 Å². The third-order valence-electron chi connectivity index (χ3n) is 1.94. The zero-order valence-electron chi connectivity index (χ0n) is 8.71. The molecule has 0 unspecified atom stereocenters. The number of pyridine rings is 1. The number of nitrogens with one attached hydrogen (secondary N) is 1. The number of amides is 1. The number of anilines is 1. The molecule has 2 rings (SSSR count). The van der Waals surface area contributed by atoms with Crippen molar-refractivity contribution in [3.8, 4) is 11.3 Å². The summed E-state index contributed by atoms with van der Waals surface area (Å²) >= 11 is 0. The van der Waals surface area contributed by atoms with E-state index in [-0.39, 0.29) is 5.91 Å². The van der Waals surface area contributed by atoms with Crippen LogP contribution in [0.2, 0.25) is 0 Å². The molecule has 0 saturated heterocycles. The Balaban J connectivity index is 2.23. The molecule has 0 saturated carbocycles. The molecule has 0 radical (unpaired) electrons. The summed E-state index contributed by atoms with van der Waals surface area (Å²) in [6, 6.07) is 7.22. The first-order valence-electron chi connectivity index (χ1n) is 4.77. The van der Waals surface area contributed by atoms with Crippen LogP contribution in [0.25, 0.3) is 11.3 Å². The maximum absolute atomic E-state index is 10.8. The number of carbonyl (C=O) groups is 1. The molecular formula is C11H10N4O. The smallest absolute Gasteiger partial charge is 0.222 e. The lowest BCUT2D eigenvalue weighted by Gasteiger charge is -2.02. The van der Waals surface area contributed by atoms with Crippen LogP contribution in [0.15, 0.2) is 36.7 Å². The minimum atomic E-state index is -0.139. The molecule has 2 heterocycles. The second-order valence-electron chi connectivity index (χ2n) is 3.22. The van der Waals surface area contributed by atoms with Crippen LogP contribution < -0.4 is 5.32 Å². The molecule has 1 N–H and O–H groups in total. The molecular weight excluding hydrogens is 204 g/mol. The van der Waals surface area contributed by atoms with Crippen molar-refractivity contribution in [3.63, 3.8) is 0 Å². The van der Waals surface area contributed by atoms with Crippen molar-refractivity contribution in [2.75, 3.05) is 5.32 Å². The normalized spacial score (nSPS) is 9.81. The molecule has 2 aromatic heterocycles. The zero-order valence-corrected chi connectivity index (χ0v) is 8.71. The quantitative estimate of drug-likeness (QED) is 0.822. The van der Waals surface area contributed by atoms with Gasteiger partial charge in [0, 0.05) is 24.9 Å². The Kier molecular flexibility index (Phi) is 2.86. The molecule has 0 aliphatic heterocycles. The van der Waals surface area contributed by atoms with Crippen LogP contribution >= 0.6 is 0 Å². The maximum atomic E-state index is 10.8. The third kappa shape index (κ3) is 2.38. The lowest BCUT2D eigenvalue weighted by atomic mass is 10.2. The van der Waals surface area contributed by atoms with Crippen LogP contribution in [0.1, 0.15) is 6.92 Å². The Morgan fingerprint density at radius 2 is 2.19 bits per heavy atom. The summed E-state index contributed by atoms with van der Waals surface area (Å²) in [5.74, 6) is 0.389. The highest BCUT2D eigenvalue weighted by Gasteiger charge is 2.00. The molecule has 0 bridgehead atoms. The van der Waals surface area contributed by atoms with Crippen molar-refractivity contribution in [2.45, 2.75) is 6.92 Å². The van der Waals surface area contributed by atoms with E-state index in [1.165, 1.54) is 6.92 Å². The summed E-state index contributed by atoms with van der Waals surface area (Å²) in [6.07, 6.45) is 3.26. The van der Waals surface area contributed by atoms with E-state index in [1.807, 2.05) is 18.2 Å². The van der Waals surface area contributed by atoms with E-state index in [9.17, 15) is 4.79 Å². The van der Waals surface area contributed by atoms with Crippen molar-refractivity contribution < 1.29 is 4.79 Å². The van der Waals surface area contributed by atoms with Crippen molar-refractivity contribution in [3.05, 3.63) is 36.7 Å². The predicted octanol–water partition coefficient (Wildman–Crippen LogP) is 1.50. The molecule has 2 aromatic rings. The van der Waals surface area contributed by atoms with Crippen LogP contribution in [0.4, 0.5) is 5.82 Å². The van der Waals surface area contributed by atoms with Gasteiger partial charge in [0.25, 0.3) is 0 Å². The fraction of sp³-hybridized carbons (Fsp3) is 0.0909. The second-order valence-corrected chi connectivity index (χ2v) is 3.22. The van der Waals surface area contributed by atoms with Gasteiger partial charge in [0.15, 0.2) is 0 Å². The molecule has 16 heavy (non-hydrogen) atoms. The molecule has 80 valence electrons. The van der Waals surface area contributed by atoms with E-state index in [4.69, 9.17) is 0 Å². The van der Waals surface area contributed by atoms with Gasteiger partial charge in [0.05, 0.1) is 5.69 Å². The summed E-state index contributed by atoms with van der Waals surface area (Å²) in [5, 5.41) is 10.3. The maximum Gasteiger partial charge on any atom is 0.222 e. The summed E-state index contributed by atoms with van der Waals surface area (Å²) in [6.45, 7) is 1.44. The minimum absolute atomic E-state index is 0.139. The molecule has 0 aliphatic carbocycles. The second kappa shape index (κ2) is 4.48. The SMILES string of the molecule is CC(=O)Nc1ccc(-c2cccnn2)cn1. The first-order valence-corrected chi connectivity index (χ1v) is 4.77. The Morgan fingerprint density at radius 3 is 2.75 bits per heavy atom. The van der Waals surface area contributed by atoms with Crippen LogP contribution in [-0.4, -0.2) is 21.1 Å². The molecule has 0 aliphatic rings. The van der Waals surface area contributed by atoms with Crippen LogP contribution in [0.5, 0.6) is 0 Å². The zero-order chi connectivity index (χ0) is 11.4. The average Bonchev–Trinajstić information content (AvgIpc) is 2.30. The average molecular weight is 214 g/mol. The molecule has 0 fully saturated rings. The summed E-state index contributed by atoms with van der Waals surface area (Å²) < 4.78 is 0. The summed E-state index contributed by atoms with van der Waals surface area (Å²) in [7, 11) is 0. The number of carbonyl (C=O) groups excluding carboxylic acids is 1. The highest BCUT2D eigenvalue weighted by molar-refractivity contribution is 5.87. The lowest BCUT2D eigenvalue weighted by Crippen LogP contribution is -2.06. The third-order valence-corrected chi connectivity index (χ3v) is 1.94. The van der Waals surface area contributed by atoms with Crippen molar-refractivity contribution >= 4 is 11.7 Å². The predicted molar refractivity (Wildman–Crippen MR) is 59.6 cm³/mol. The van der Waals surface area contributed by atoms with Gasteiger partial charge in [-0.25, -0.2) is 4.98 Å². The Labute approximate surface area is 92.6 Å². The van der Waals surface area contributed by atoms with E-state index in [0.29, 0.717) is 5.82 Å². The van der Waals surface area contributed by atoms with Gasteiger partial charge in [-0.1, -0.05) is 0 Å². The monoisotopic (exact) mass is 214 g/mol. The van der Waals surface area contributed by atoms with Gasteiger partial charge in [-0.3, -0.25) is 4.79 Å². The van der Waals surface area contributed by atoms with E-state index < -0.39 is 0 Å². The number of nitrogens with zero attached hydrogens (tertiary/aromatic N) is 3. The Morgan fingerprint density at radius 1 is 1.31 bits per heavy atom. The fourth-order valence-corrected chi connectivity index (χ4v) is 1.26. The standard InChI is InChI=1S/C11H10N4O/c1-8(16)14-11-5-4-9(7-12-11)10-3-2-6-13-15-10/h2-7H,1H3,(H,12,14,16). The Hall–Kier alpha value is -2.30. The number of hydrogen-bond donors (Lipinski definition) is 1. The summed E-state index contributed by atoms with van der Waals surface area (Å²) in [5.41, 5.74) is 1.62. The van der Waals surface area contributed by atoms with E-state index in [2.05, 4.69) is 20.5 Å². The molecule has 1 amide bonds. The number of rotatable bonds is 2. The Bertz CT molecular complexity index is 481. The van der Waals surface area contributed by atoms with Gasteiger partial charge < -0.3 is 5.32 Å². The number of hydrogen-bond acceptors (Lipinski definition) is 4. The van der Waals surface area contributed by atoms with Crippen LogP contribution in [-0.2, 0) is 4.79 Å². The molecule has 0 aromatic carbocycles. The van der Waals surface area contributed by atoms with Crippen molar-refractivity contribution in [1.82, 2.24) is 15.2 Å². The first-order chi connectivity index (χ1) is 7.75. The topological polar surface area (TPSA) is 67.8 Å².